The van der Waals surface area contributed by atoms with Crippen molar-refractivity contribution in [3.05, 3.63) is 144 Å². The third-order valence-electron chi connectivity index (χ3n) is 10.0. The van der Waals surface area contributed by atoms with E-state index in [1.807, 2.05) is 121 Å². The van der Waals surface area contributed by atoms with Gasteiger partial charge in [-0.25, -0.2) is 4.99 Å². The molecule has 2 heterocycles. The standard InChI is InChI=1S/C42H48N2O9/c45-22-32-21-33-37(36(47)35(32)46)53-42(43-33)44-41-40(51-26-31-19-11-4-12-20-31)39(50-25-30-17-9-3-10-18-30)38(49-24-29-15-7-2-8-16-29)34(52-41)27-48-23-28-13-5-1-6-14-28/h1-20,32-41,45-47H,21-27H2,(H,43,44)/t32-,33+,34-,35-,36+,37+,38-,39+,40-,41+/m1/s1. The lowest BCUT2D eigenvalue weighted by atomic mass is 9.80. The van der Waals surface area contributed by atoms with Crippen LogP contribution < -0.4 is 5.32 Å². The monoisotopic (exact) mass is 724 g/mol. The summed E-state index contributed by atoms with van der Waals surface area (Å²) in [5.74, 6) is -0.501. The molecule has 2 aliphatic heterocycles. The van der Waals surface area contributed by atoms with E-state index in [1.165, 1.54) is 0 Å². The zero-order valence-corrected chi connectivity index (χ0v) is 29.5. The first-order chi connectivity index (χ1) is 26.1. The molecule has 7 rings (SSSR count). The topological polar surface area (TPSA) is 140 Å². The first kappa shape index (κ1) is 37.2. The summed E-state index contributed by atoms with van der Waals surface area (Å²) in [6, 6.07) is 39.4. The maximum absolute atomic E-state index is 10.9. The van der Waals surface area contributed by atoms with Crippen LogP contribution in [0.25, 0.3) is 0 Å². The predicted molar refractivity (Wildman–Crippen MR) is 196 cm³/mol. The van der Waals surface area contributed by atoms with Crippen molar-refractivity contribution in [2.24, 2.45) is 10.9 Å². The minimum Gasteiger partial charge on any atom is -0.457 e. The largest absolute Gasteiger partial charge is 0.457 e. The van der Waals surface area contributed by atoms with Gasteiger partial charge in [-0.05, 0) is 28.7 Å². The number of nitrogens with zero attached hydrogens (tertiary/aromatic N) is 1. The van der Waals surface area contributed by atoms with Gasteiger partial charge in [-0.3, -0.25) is 0 Å². The van der Waals surface area contributed by atoms with Crippen LogP contribution in [0.4, 0.5) is 0 Å². The van der Waals surface area contributed by atoms with Crippen molar-refractivity contribution in [1.82, 2.24) is 5.32 Å². The molecule has 0 unspecified atom stereocenters. The number of benzene rings is 4. The number of aliphatic hydroxyl groups is 3. The number of ether oxygens (including phenoxy) is 6. The Morgan fingerprint density at radius 3 is 1.64 bits per heavy atom. The molecule has 0 bridgehead atoms. The Morgan fingerprint density at radius 2 is 1.11 bits per heavy atom. The maximum atomic E-state index is 10.9. The molecule has 0 amide bonds. The van der Waals surface area contributed by atoms with Crippen LogP contribution in [-0.2, 0) is 54.8 Å². The zero-order chi connectivity index (χ0) is 36.4. The van der Waals surface area contributed by atoms with Crippen LogP contribution >= 0.6 is 0 Å². The Hall–Kier alpha value is -4.17. The molecule has 3 aliphatic rings. The summed E-state index contributed by atoms with van der Waals surface area (Å²) in [5.41, 5.74) is 3.97. The van der Waals surface area contributed by atoms with Crippen LogP contribution in [0.2, 0.25) is 0 Å². The number of rotatable bonds is 15. The van der Waals surface area contributed by atoms with Crippen molar-refractivity contribution in [2.45, 2.75) is 87.8 Å². The quantitative estimate of drug-likeness (QED) is 0.142. The minimum absolute atomic E-state index is 0.151. The molecule has 4 aromatic rings. The molecule has 4 N–H and O–H groups in total. The Kier molecular flexibility index (Phi) is 12.8. The highest BCUT2D eigenvalue weighted by molar-refractivity contribution is 5.76. The van der Waals surface area contributed by atoms with Gasteiger partial charge >= 0.3 is 0 Å². The highest BCUT2D eigenvalue weighted by atomic mass is 16.6. The summed E-state index contributed by atoms with van der Waals surface area (Å²) in [5, 5.41) is 34.6. The number of amidine groups is 1. The van der Waals surface area contributed by atoms with Gasteiger partial charge < -0.3 is 49.1 Å². The molecule has 1 saturated carbocycles. The Balaban J connectivity index is 1.21. The summed E-state index contributed by atoms with van der Waals surface area (Å²) in [7, 11) is 0. The lowest BCUT2D eigenvalue weighted by Gasteiger charge is -2.45. The second-order valence-electron chi connectivity index (χ2n) is 13.8. The first-order valence-corrected chi connectivity index (χ1v) is 18.3. The molecule has 0 spiro atoms. The number of aliphatic imine (C=N–C) groups is 1. The normalized spacial score (nSPS) is 30.4. The van der Waals surface area contributed by atoms with E-state index < -0.39 is 54.9 Å². The van der Waals surface area contributed by atoms with Gasteiger partial charge in [-0.2, -0.15) is 0 Å². The van der Waals surface area contributed by atoms with Gasteiger partial charge in [-0.1, -0.05) is 121 Å². The van der Waals surface area contributed by atoms with Crippen LogP contribution in [0.3, 0.4) is 0 Å². The molecule has 53 heavy (non-hydrogen) atoms. The minimum atomic E-state index is -1.21. The van der Waals surface area contributed by atoms with Crippen molar-refractivity contribution in [3.63, 3.8) is 0 Å². The van der Waals surface area contributed by atoms with Gasteiger partial charge in [0.1, 0.15) is 30.5 Å². The van der Waals surface area contributed by atoms with E-state index in [0.29, 0.717) is 19.6 Å². The second-order valence-corrected chi connectivity index (χ2v) is 13.8. The van der Waals surface area contributed by atoms with E-state index in [-0.39, 0.29) is 38.5 Å². The Bertz CT molecular complexity index is 1700. The molecule has 11 nitrogen and oxygen atoms in total. The third kappa shape index (κ3) is 9.50. The molecule has 280 valence electrons. The Morgan fingerprint density at radius 1 is 0.623 bits per heavy atom. The van der Waals surface area contributed by atoms with Gasteiger partial charge in [-0.15, -0.1) is 0 Å². The van der Waals surface area contributed by atoms with Crippen LogP contribution in [0.15, 0.2) is 126 Å². The fourth-order valence-electron chi connectivity index (χ4n) is 7.16. The van der Waals surface area contributed by atoms with Crippen LogP contribution in [0, 0.1) is 5.92 Å². The smallest absolute Gasteiger partial charge is 0.288 e. The van der Waals surface area contributed by atoms with Gasteiger partial charge in [0.05, 0.1) is 45.2 Å². The van der Waals surface area contributed by atoms with Gasteiger partial charge in [0, 0.05) is 12.5 Å². The molecule has 0 radical (unpaired) electrons. The van der Waals surface area contributed by atoms with Gasteiger partial charge in [0.25, 0.3) is 6.02 Å². The van der Waals surface area contributed by atoms with Crippen LogP contribution in [-0.4, -0.2) is 89.6 Å². The summed E-state index contributed by atoms with van der Waals surface area (Å²) >= 11 is 0. The van der Waals surface area contributed by atoms with Crippen molar-refractivity contribution in [1.29, 1.82) is 0 Å². The molecule has 10 atom stereocenters. The van der Waals surface area contributed by atoms with E-state index >= 15 is 0 Å². The molecule has 3 fully saturated rings. The molecule has 2 saturated heterocycles. The lowest BCUT2D eigenvalue weighted by molar-refractivity contribution is -0.271. The van der Waals surface area contributed by atoms with E-state index in [4.69, 9.17) is 33.4 Å². The second kappa shape index (κ2) is 18.2. The van der Waals surface area contributed by atoms with E-state index in [2.05, 4.69) is 5.32 Å². The summed E-state index contributed by atoms with van der Waals surface area (Å²) in [4.78, 5) is 4.93. The first-order valence-electron chi connectivity index (χ1n) is 18.3. The number of aliphatic hydroxyl groups excluding tert-OH is 3. The van der Waals surface area contributed by atoms with E-state index in [0.717, 1.165) is 22.3 Å². The van der Waals surface area contributed by atoms with Gasteiger partial charge in [0.15, 0.2) is 12.3 Å². The lowest BCUT2D eigenvalue weighted by Crippen LogP contribution is -2.61. The Labute approximate surface area is 310 Å². The van der Waals surface area contributed by atoms with Gasteiger partial charge in [0.2, 0.25) is 0 Å². The molecule has 4 aromatic carbocycles. The fourth-order valence-corrected chi connectivity index (χ4v) is 7.16. The average Bonchev–Trinajstić information content (AvgIpc) is 3.61. The summed E-state index contributed by atoms with van der Waals surface area (Å²) in [6.45, 7) is 1.13. The number of hydrogen-bond donors (Lipinski definition) is 4. The van der Waals surface area contributed by atoms with E-state index in [1.54, 1.807) is 0 Å². The van der Waals surface area contributed by atoms with Crippen molar-refractivity contribution in [2.75, 3.05) is 13.2 Å². The van der Waals surface area contributed by atoms with E-state index in [9.17, 15) is 15.3 Å². The summed E-state index contributed by atoms with van der Waals surface area (Å²) < 4.78 is 39.4. The number of nitrogens with one attached hydrogen (secondary N) is 1. The van der Waals surface area contributed by atoms with Crippen LogP contribution in [0.1, 0.15) is 28.7 Å². The fraction of sp³-hybridized carbons (Fsp3) is 0.405. The van der Waals surface area contributed by atoms with Crippen molar-refractivity contribution >= 4 is 6.02 Å². The third-order valence-corrected chi connectivity index (χ3v) is 10.0. The average molecular weight is 725 g/mol. The van der Waals surface area contributed by atoms with Crippen molar-refractivity contribution < 1.29 is 43.7 Å². The number of hydrogen-bond acceptors (Lipinski definition) is 10. The zero-order valence-electron chi connectivity index (χ0n) is 29.5. The SMILES string of the molecule is OC[C@H]1C[C@@H]2N/C(=N\[C@H]3O[C@H](COCc4ccccc4)[C@@H](OCc4ccccc4)[C@H](OCc4ccccc4)[C@H]3OCc3ccccc3)O[C@@H]2[C@@H](O)[C@@H]1O. The van der Waals surface area contributed by atoms with Crippen molar-refractivity contribution in [3.8, 4) is 0 Å². The molecule has 11 heteroatoms. The highest BCUT2D eigenvalue weighted by Gasteiger charge is 2.52. The molecular weight excluding hydrogens is 676 g/mol. The molecular formula is C42H48N2O9. The maximum Gasteiger partial charge on any atom is 0.288 e. The molecule has 1 aliphatic carbocycles. The highest BCUT2D eigenvalue weighted by Crippen LogP contribution is 2.34. The molecule has 0 aromatic heterocycles. The number of fused-ring (bicyclic) bond motifs is 1. The van der Waals surface area contributed by atoms with Crippen LogP contribution in [0.5, 0.6) is 0 Å². The summed E-state index contributed by atoms with van der Waals surface area (Å²) in [6.07, 6.45) is -6.35. The predicted octanol–water partition coefficient (Wildman–Crippen LogP) is 4.13.